The number of hydrogen-bond donors (Lipinski definition) is 2. The minimum absolute atomic E-state index is 0.00966. The van der Waals surface area contributed by atoms with Crippen LogP contribution in [0, 0.1) is 0 Å². The highest BCUT2D eigenvalue weighted by Crippen LogP contribution is 2.23. The number of aromatic nitrogens is 1. The van der Waals surface area contributed by atoms with Gasteiger partial charge in [-0.15, -0.1) is 0 Å². The van der Waals surface area contributed by atoms with Crippen LogP contribution in [0.1, 0.15) is 42.6 Å². The summed E-state index contributed by atoms with van der Waals surface area (Å²) < 4.78 is 0. The van der Waals surface area contributed by atoms with Crippen LogP contribution in [0.25, 0.3) is 10.9 Å². The van der Waals surface area contributed by atoms with Crippen molar-refractivity contribution in [2.45, 2.75) is 44.2 Å². The molecule has 0 spiro atoms. The van der Waals surface area contributed by atoms with Crippen LogP contribution in [0.2, 0.25) is 0 Å². The number of aliphatic hydroxyl groups is 1. The average Bonchev–Trinajstić information content (AvgIpc) is 2.88. The minimum Gasteiger partial charge on any atom is -0.390 e. The molecule has 0 aliphatic carbocycles. The summed E-state index contributed by atoms with van der Waals surface area (Å²) >= 11 is 0. The van der Waals surface area contributed by atoms with Gasteiger partial charge in [0, 0.05) is 30.0 Å². The largest absolute Gasteiger partial charge is 0.390 e. The fourth-order valence-electron chi connectivity index (χ4n) is 4.32. The lowest BCUT2D eigenvalue weighted by atomic mass is 9.99. The Morgan fingerprint density at radius 2 is 1.84 bits per heavy atom. The van der Waals surface area contributed by atoms with Gasteiger partial charge in [-0.1, -0.05) is 31.0 Å². The van der Waals surface area contributed by atoms with E-state index in [4.69, 9.17) is 0 Å². The number of fused-ring (bicyclic) bond motifs is 1. The third kappa shape index (κ3) is 3.44. The average molecular weight is 341 g/mol. The number of para-hydroxylation sites is 1. The Morgan fingerprint density at radius 1 is 1.08 bits per heavy atom. The van der Waals surface area contributed by atoms with Gasteiger partial charge in [-0.25, -0.2) is 0 Å². The topological polar surface area (TPSA) is 59.6 Å². The Hall–Kier alpha value is -1.85. The van der Waals surface area contributed by atoms with Crippen LogP contribution >= 0.6 is 0 Å². The summed E-state index contributed by atoms with van der Waals surface area (Å²) in [6.07, 6.45) is 5.43. The molecule has 0 radical (unpaired) electrons. The Kier molecular flexibility index (Phi) is 4.77. The van der Waals surface area contributed by atoms with E-state index in [1.165, 1.54) is 25.7 Å². The standard InChI is InChI=1S/C20H27N3O2/c24-19-14-23(12-9-18(19)22-10-5-1-2-6-11-22)20(25)17-13-15-7-3-4-8-16(15)21-17/h3-4,7-8,13,18-19,21,24H,1-2,5-6,9-12,14H2/t18-,19-/m1/s1. The number of nitrogens with zero attached hydrogens (tertiary/aromatic N) is 2. The van der Waals surface area contributed by atoms with Crippen molar-refractivity contribution in [2.24, 2.45) is 0 Å². The van der Waals surface area contributed by atoms with E-state index in [9.17, 15) is 9.90 Å². The lowest BCUT2D eigenvalue weighted by Gasteiger charge is -2.41. The van der Waals surface area contributed by atoms with Gasteiger partial charge in [0.2, 0.25) is 0 Å². The van der Waals surface area contributed by atoms with Crippen LogP contribution in [0.4, 0.5) is 0 Å². The molecule has 0 unspecified atom stereocenters. The summed E-state index contributed by atoms with van der Waals surface area (Å²) in [5.41, 5.74) is 1.59. The molecule has 1 aromatic carbocycles. The SMILES string of the molecule is O=C(c1cc2ccccc2[nH]1)N1CC[C@@H](N2CCCCCC2)[C@H](O)C1. The molecule has 2 fully saturated rings. The van der Waals surface area contributed by atoms with Crippen LogP contribution in [0.3, 0.4) is 0 Å². The predicted molar refractivity (Wildman–Crippen MR) is 98.7 cm³/mol. The van der Waals surface area contributed by atoms with Gasteiger partial charge in [0.15, 0.2) is 0 Å². The molecule has 5 nitrogen and oxygen atoms in total. The maximum absolute atomic E-state index is 12.8. The van der Waals surface area contributed by atoms with E-state index in [1.54, 1.807) is 4.90 Å². The van der Waals surface area contributed by atoms with Crippen LogP contribution in [-0.4, -0.2) is 64.1 Å². The molecule has 5 heteroatoms. The van der Waals surface area contributed by atoms with Gasteiger partial charge in [0.05, 0.1) is 6.10 Å². The fourth-order valence-corrected chi connectivity index (χ4v) is 4.32. The number of β-amino-alcohol motifs (C(OH)–C–C–N with tert-alkyl or cyclic N) is 1. The van der Waals surface area contributed by atoms with Crippen LogP contribution in [0.15, 0.2) is 30.3 Å². The van der Waals surface area contributed by atoms with Crippen molar-refractivity contribution < 1.29 is 9.90 Å². The molecule has 0 bridgehead atoms. The Morgan fingerprint density at radius 3 is 2.56 bits per heavy atom. The molecule has 2 N–H and O–H groups in total. The highest BCUT2D eigenvalue weighted by molar-refractivity contribution is 5.98. The molecule has 2 aliphatic rings. The number of aromatic amines is 1. The van der Waals surface area contributed by atoms with E-state index >= 15 is 0 Å². The Labute approximate surface area is 148 Å². The molecule has 2 aliphatic heterocycles. The molecular formula is C20H27N3O2. The number of amides is 1. The third-order valence-corrected chi connectivity index (χ3v) is 5.70. The molecule has 3 heterocycles. The van der Waals surface area contributed by atoms with Crippen molar-refractivity contribution in [3.63, 3.8) is 0 Å². The monoisotopic (exact) mass is 341 g/mol. The zero-order chi connectivity index (χ0) is 17.2. The fraction of sp³-hybridized carbons (Fsp3) is 0.550. The molecule has 2 atom stereocenters. The second-order valence-corrected chi connectivity index (χ2v) is 7.39. The van der Waals surface area contributed by atoms with Gasteiger partial charge in [-0.2, -0.15) is 0 Å². The summed E-state index contributed by atoms with van der Waals surface area (Å²) in [7, 11) is 0. The first-order chi connectivity index (χ1) is 12.2. The highest BCUT2D eigenvalue weighted by Gasteiger charge is 2.34. The minimum atomic E-state index is -0.458. The number of likely N-dealkylation sites (tertiary alicyclic amines) is 2. The van der Waals surface area contributed by atoms with E-state index in [1.807, 2.05) is 30.3 Å². The highest BCUT2D eigenvalue weighted by atomic mass is 16.3. The molecule has 2 aromatic rings. The summed E-state index contributed by atoms with van der Waals surface area (Å²) in [6.45, 7) is 3.30. The number of carbonyl (C=O) groups is 1. The first-order valence-corrected chi connectivity index (χ1v) is 9.51. The molecule has 0 saturated carbocycles. The van der Waals surface area contributed by atoms with Gasteiger partial charge >= 0.3 is 0 Å². The van der Waals surface area contributed by atoms with Gasteiger partial charge in [-0.05, 0) is 44.5 Å². The van der Waals surface area contributed by atoms with E-state index in [0.29, 0.717) is 18.8 Å². The van der Waals surface area contributed by atoms with E-state index in [0.717, 1.165) is 30.4 Å². The number of nitrogens with one attached hydrogen (secondary N) is 1. The number of carbonyl (C=O) groups excluding carboxylic acids is 1. The van der Waals surface area contributed by atoms with E-state index in [2.05, 4.69) is 9.88 Å². The first kappa shape index (κ1) is 16.6. The van der Waals surface area contributed by atoms with Crippen molar-refractivity contribution >= 4 is 16.8 Å². The Balaban J connectivity index is 1.43. The van der Waals surface area contributed by atoms with Crippen molar-refractivity contribution in [2.75, 3.05) is 26.2 Å². The molecule has 1 amide bonds. The quantitative estimate of drug-likeness (QED) is 0.883. The van der Waals surface area contributed by atoms with Crippen molar-refractivity contribution in [3.05, 3.63) is 36.0 Å². The smallest absolute Gasteiger partial charge is 0.270 e. The normalized spacial score (nSPS) is 25.9. The van der Waals surface area contributed by atoms with Gasteiger partial charge in [-0.3, -0.25) is 9.69 Å². The van der Waals surface area contributed by atoms with Crippen LogP contribution in [-0.2, 0) is 0 Å². The maximum atomic E-state index is 12.8. The van der Waals surface area contributed by atoms with E-state index in [-0.39, 0.29) is 11.9 Å². The zero-order valence-electron chi connectivity index (χ0n) is 14.7. The number of benzene rings is 1. The second kappa shape index (κ2) is 7.18. The van der Waals surface area contributed by atoms with Crippen LogP contribution < -0.4 is 0 Å². The molecule has 134 valence electrons. The van der Waals surface area contributed by atoms with Gasteiger partial charge in [0.1, 0.15) is 5.69 Å². The lowest BCUT2D eigenvalue weighted by Crippen LogP contribution is -2.55. The number of rotatable bonds is 2. The van der Waals surface area contributed by atoms with Crippen molar-refractivity contribution in [1.29, 1.82) is 0 Å². The van der Waals surface area contributed by atoms with Gasteiger partial charge in [0.25, 0.3) is 5.91 Å². The lowest BCUT2D eigenvalue weighted by molar-refractivity contribution is -0.00820. The molecule has 1 aromatic heterocycles. The first-order valence-electron chi connectivity index (χ1n) is 9.51. The Bertz CT molecular complexity index is 700. The van der Waals surface area contributed by atoms with Crippen molar-refractivity contribution in [3.8, 4) is 0 Å². The maximum Gasteiger partial charge on any atom is 0.270 e. The number of H-pyrrole nitrogens is 1. The number of piperidine rings is 1. The summed E-state index contributed by atoms with van der Waals surface area (Å²) in [5.74, 6) is -0.00966. The summed E-state index contributed by atoms with van der Waals surface area (Å²) in [4.78, 5) is 20.3. The summed E-state index contributed by atoms with van der Waals surface area (Å²) in [5, 5.41) is 11.7. The predicted octanol–water partition coefficient (Wildman–Crippen LogP) is 2.62. The number of aliphatic hydroxyl groups excluding tert-OH is 1. The molecule has 2 saturated heterocycles. The van der Waals surface area contributed by atoms with Crippen LogP contribution in [0.5, 0.6) is 0 Å². The molecule has 4 rings (SSSR count). The zero-order valence-corrected chi connectivity index (χ0v) is 14.7. The molecular weight excluding hydrogens is 314 g/mol. The van der Waals surface area contributed by atoms with E-state index < -0.39 is 6.10 Å². The summed E-state index contributed by atoms with van der Waals surface area (Å²) in [6, 6.07) is 10.0. The van der Waals surface area contributed by atoms with Gasteiger partial charge < -0.3 is 15.0 Å². The number of hydrogen-bond acceptors (Lipinski definition) is 3. The molecule has 25 heavy (non-hydrogen) atoms. The second-order valence-electron chi connectivity index (χ2n) is 7.39. The third-order valence-electron chi connectivity index (χ3n) is 5.70. The van der Waals surface area contributed by atoms with Crippen molar-refractivity contribution in [1.82, 2.24) is 14.8 Å².